The van der Waals surface area contributed by atoms with Crippen molar-refractivity contribution in [2.24, 2.45) is 0 Å². The molecular weight excluding hydrogens is 324 g/mol. The van der Waals surface area contributed by atoms with Gasteiger partial charge < -0.3 is 19.5 Å². The normalized spacial score (nSPS) is 14.3. The van der Waals surface area contributed by atoms with Crippen molar-refractivity contribution < 1.29 is 18.8 Å². The van der Waals surface area contributed by atoms with E-state index in [-0.39, 0.29) is 11.7 Å². The first-order chi connectivity index (χ1) is 12.0. The van der Waals surface area contributed by atoms with Crippen molar-refractivity contribution in [3.63, 3.8) is 0 Å². The zero-order valence-corrected chi connectivity index (χ0v) is 13.8. The molecule has 0 atom stereocenters. The average Bonchev–Trinajstić information content (AvgIpc) is 3.08. The van der Waals surface area contributed by atoms with E-state index in [0.717, 1.165) is 0 Å². The molecule has 2 aromatic rings. The summed E-state index contributed by atoms with van der Waals surface area (Å²) in [6, 6.07) is 6.69. The third kappa shape index (κ3) is 3.85. The number of amides is 3. The minimum Gasteiger partial charge on any atom is -0.456 e. The lowest BCUT2D eigenvalue weighted by Gasteiger charge is -2.33. The molecule has 0 saturated carbocycles. The van der Waals surface area contributed by atoms with E-state index in [2.05, 4.69) is 10.3 Å². The van der Waals surface area contributed by atoms with Crippen molar-refractivity contribution in [3.05, 3.63) is 48.2 Å². The lowest BCUT2D eigenvalue weighted by Crippen LogP contribution is -2.52. The number of nitrogens with zero attached hydrogens (tertiary/aromatic N) is 3. The van der Waals surface area contributed by atoms with Crippen molar-refractivity contribution >= 4 is 23.4 Å². The maximum atomic E-state index is 12.3. The molecule has 0 aromatic carbocycles. The van der Waals surface area contributed by atoms with Gasteiger partial charge >= 0.3 is 11.8 Å². The molecule has 1 N–H and O–H groups in total. The Bertz CT molecular complexity index is 779. The monoisotopic (exact) mass is 342 g/mol. The van der Waals surface area contributed by atoms with Gasteiger partial charge in [-0.05, 0) is 31.2 Å². The number of carbonyl (C=O) groups excluding carboxylic acids is 3. The molecule has 3 heterocycles. The number of carbonyl (C=O) groups is 3. The second kappa shape index (κ2) is 7.16. The minimum absolute atomic E-state index is 0.208. The summed E-state index contributed by atoms with van der Waals surface area (Å²) in [4.78, 5) is 43.5. The van der Waals surface area contributed by atoms with Gasteiger partial charge in [-0.2, -0.15) is 0 Å². The van der Waals surface area contributed by atoms with E-state index in [9.17, 15) is 14.4 Å². The van der Waals surface area contributed by atoms with E-state index in [0.29, 0.717) is 37.6 Å². The van der Waals surface area contributed by atoms with E-state index >= 15 is 0 Å². The van der Waals surface area contributed by atoms with E-state index in [1.54, 1.807) is 42.3 Å². The van der Waals surface area contributed by atoms with Crippen molar-refractivity contribution in [1.82, 2.24) is 14.8 Å². The standard InChI is InChI=1S/C17H18N4O4/c1-12-4-5-14(25-12)16(23)20-7-9-21(10-8-20)17(24)15(22)19-13-3-2-6-18-11-13/h2-6,11H,7-10H2,1H3,(H,19,22). The molecule has 8 heteroatoms. The van der Waals surface area contributed by atoms with Gasteiger partial charge in [0.05, 0.1) is 11.9 Å². The second-order valence-corrected chi connectivity index (χ2v) is 5.69. The molecule has 130 valence electrons. The first-order valence-electron chi connectivity index (χ1n) is 7.90. The molecule has 3 rings (SSSR count). The highest BCUT2D eigenvalue weighted by Gasteiger charge is 2.29. The van der Waals surface area contributed by atoms with Crippen LogP contribution in [0.4, 0.5) is 5.69 Å². The van der Waals surface area contributed by atoms with Gasteiger partial charge in [0.2, 0.25) is 0 Å². The Morgan fingerprint density at radius 2 is 1.80 bits per heavy atom. The van der Waals surface area contributed by atoms with Crippen LogP contribution >= 0.6 is 0 Å². The smallest absolute Gasteiger partial charge is 0.313 e. The van der Waals surface area contributed by atoms with Gasteiger partial charge in [0.25, 0.3) is 5.91 Å². The lowest BCUT2D eigenvalue weighted by atomic mass is 10.2. The van der Waals surface area contributed by atoms with Crippen molar-refractivity contribution in [2.45, 2.75) is 6.92 Å². The van der Waals surface area contributed by atoms with Crippen LogP contribution in [0.3, 0.4) is 0 Å². The van der Waals surface area contributed by atoms with Crippen molar-refractivity contribution in [1.29, 1.82) is 0 Å². The molecule has 8 nitrogen and oxygen atoms in total. The van der Waals surface area contributed by atoms with Crippen LogP contribution in [0.2, 0.25) is 0 Å². The number of pyridine rings is 1. The number of aryl methyl sites for hydroxylation is 1. The SMILES string of the molecule is Cc1ccc(C(=O)N2CCN(C(=O)C(=O)Nc3cccnc3)CC2)o1. The predicted octanol–water partition coefficient (Wildman–Crippen LogP) is 0.906. The van der Waals surface area contributed by atoms with Gasteiger partial charge in [-0.3, -0.25) is 19.4 Å². The van der Waals surface area contributed by atoms with Crippen LogP contribution in [0, 0.1) is 6.92 Å². The highest BCUT2D eigenvalue weighted by Crippen LogP contribution is 2.12. The minimum atomic E-state index is -0.713. The number of rotatable bonds is 2. The number of piperazine rings is 1. The zero-order chi connectivity index (χ0) is 17.8. The van der Waals surface area contributed by atoms with Gasteiger partial charge in [-0.15, -0.1) is 0 Å². The van der Waals surface area contributed by atoms with Crippen LogP contribution in [0.1, 0.15) is 16.3 Å². The van der Waals surface area contributed by atoms with Crippen LogP contribution < -0.4 is 5.32 Å². The van der Waals surface area contributed by atoms with Gasteiger partial charge in [0.15, 0.2) is 5.76 Å². The third-order valence-electron chi connectivity index (χ3n) is 3.92. The Kier molecular flexibility index (Phi) is 4.78. The zero-order valence-electron chi connectivity index (χ0n) is 13.8. The third-order valence-corrected chi connectivity index (χ3v) is 3.92. The molecule has 25 heavy (non-hydrogen) atoms. The predicted molar refractivity (Wildman–Crippen MR) is 88.8 cm³/mol. The first kappa shape index (κ1) is 16.7. The van der Waals surface area contributed by atoms with Crippen LogP contribution in [0.5, 0.6) is 0 Å². The fourth-order valence-electron chi connectivity index (χ4n) is 2.58. The summed E-state index contributed by atoms with van der Waals surface area (Å²) in [7, 11) is 0. The Morgan fingerprint density at radius 1 is 1.08 bits per heavy atom. The lowest BCUT2D eigenvalue weighted by molar-refractivity contribution is -0.144. The number of anilines is 1. The molecule has 2 aromatic heterocycles. The van der Waals surface area contributed by atoms with E-state index in [1.807, 2.05) is 0 Å². The number of furan rings is 1. The van der Waals surface area contributed by atoms with Crippen LogP contribution in [-0.2, 0) is 9.59 Å². The first-order valence-corrected chi connectivity index (χ1v) is 7.90. The van der Waals surface area contributed by atoms with Gasteiger partial charge in [0, 0.05) is 32.4 Å². The summed E-state index contributed by atoms with van der Waals surface area (Å²) >= 11 is 0. The molecular formula is C17H18N4O4. The van der Waals surface area contributed by atoms with Gasteiger partial charge in [-0.1, -0.05) is 0 Å². The molecule has 1 aliphatic heterocycles. The number of hydrogen-bond donors (Lipinski definition) is 1. The number of aromatic nitrogens is 1. The van der Waals surface area contributed by atoms with Gasteiger partial charge in [-0.25, -0.2) is 0 Å². The molecule has 1 saturated heterocycles. The Balaban J connectivity index is 1.54. The summed E-state index contributed by atoms with van der Waals surface area (Å²) in [5, 5.41) is 2.51. The molecule has 3 amide bonds. The summed E-state index contributed by atoms with van der Waals surface area (Å²) in [6.45, 7) is 3.07. The van der Waals surface area contributed by atoms with Crippen molar-refractivity contribution in [2.75, 3.05) is 31.5 Å². The van der Waals surface area contributed by atoms with E-state index in [1.165, 1.54) is 11.1 Å². The highest BCUT2D eigenvalue weighted by atomic mass is 16.3. The maximum absolute atomic E-state index is 12.3. The summed E-state index contributed by atoms with van der Waals surface area (Å²) < 4.78 is 5.34. The van der Waals surface area contributed by atoms with Crippen LogP contribution in [0.15, 0.2) is 41.1 Å². The highest BCUT2D eigenvalue weighted by molar-refractivity contribution is 6.39. The quantitative estimate of drug-likeness (QED) is 0.818. The Hall–Kier alpha value is -3.16. The van der Waals surface area contributed by atoms with E-state index in [4.69, 9.17) is 4.42 Å². The van der Waals surface area contributed by atoms with Crippen molar-refractivity contribution in [3.8, 4) is 0 Å². The fraction of sp³-hybridized carbons (Fsp3) is 0.294. The number of hydrogen-bond acceptors (Lipinski definition) is 5. The molecule has 0 radical (unpaired) electrons. The topological polar surface area (TPSA) is 95.8 Å². The summed E-state index contributed by atoms with van der Waals surface area (Å²) in [6.07, 6.45) is 3.04. The van der Waals surface area contributed by atoms with E-state index < -0.39 is 11.8 Å². The molecule has 0 bridgehead atoms. The Morgan fingerprint density at radius 3 is 2.40 bits per heavy atom. The molecule has 0 unspecified atom stereocenters. The average molecular weight is 342 g/mol. The molecule has 1 aliphatic rings. The molecule has 0 spiro atoms. The second-order valence-electron chi connectivity index (χ2n) is 5.69. The summed E-state index contributed by atoms with van der Waals surface area (Å²) in [5.41, 5.74) is 0.461. The largest absolute Gasteiger partial charge is 0.456 e. The summed E-state index contributed by atoms with van der Waals surface area (Å²) in [5.74, 6) is -0.588. The van der Waals surface area contributed by atoms with Crippen LogP contribution in [0.25, 0.3) is 0 Å². The number of nitrogens with one attached hydrogen (secondary N) is 1. The molecule has 0 aliphatic carbocycles. The van der Waals surface area contributed by atoms with Gasteiger partial charge in [0.1, 0.15) is 5.76 Å². The van der Waals surface area contributed by atoms with Crippen LogP contribution in [-0.4, -0.2) is 58.7 Å². The maximum Gasteiger partial charge on any atom is 0.313 e. The Labute approximate surface area is 144 Å². The molecule has 1 fully saturated rings. The fourth-order valence-corrected chi connectivity index (χ4v) is 2.58.